The van der Waals surface area contributed by atoms with Crippen molar-refractivity contribution in [3.8, 4) is 0 Å². The molecule has 0 aromatic carbocycles. The van der Waals surface area contributed by atoms with Gasteiger partial charge in [-0.15, -0.1) is 0 Å². The summed E-state index contributed by atoms with van der Waals surface area (Å²) in [6.45, 7) is 4.44. The monoisotopic (exact) mass is 151 g/mol. The molecule has 0 aromatic heterocycles. The van der Waals surface area contributed by atoms with Crippen LogP contribution in [0.25, 0.3) is 0 Å². The minimum atomic E-state index is -2.97. The van der Waals surface area contributed by atoms with Gasteiger partial charge < -0.3 is 4.55 Å². The maximum atomic E-state index is 10.4. The molecule has 0 amide bonds. The molecule has 0 rings (SSSR count). The lowest BCUT2D eigenvalue weighted by molar-refractivity contribution is 0.529. The van der Waals surface area contributed by atoms with Crippen LogP contribution in [0.3, 0.4) is 0 Å². The van der Waals surface area contributed by atoms with Crippen molar-refractivity contribution in [2.75, 3.05) is 6.54 Å². The summed E-state index contributed by atoms with van der Waals surface area (Å²) in [5.41, 5.74) is 0. The van der Waals surface area contributed by atoms with E-state index >= 15 is 0 Å². The van der Waals surface area contributed by atoms with Gasteiger partial charge in [-0.3, -0.25) is 0 Å². The fourth-order valence-corrected chi connectivity index (χ4v) is 0.891. The third-order valence-electron chi connectivity index (χ3n) is 0.717. The van der Waals surface area contributed by atoms with Crippen LogP contribution in [-0.2, 0) is 9.99 Å². The van der Waals surface area contributed by atoms with Crippen LogP contribution in [0.15, 0.2) is 0 Å². The van der Waals surface area contributed by atoms with E-state index in [0.29, 0.717) is 12.5 Å². The average Bonchev–Trinajstić information content (AvgIpc) is 1.59. The smallest absolute Gasteiger partial charge is 0.138 e. The van der Waals surface area contributed by atoms with E-state index in [1.54, 1.807) is 0 Å². The standard InChI is InChI=1S/C5H13NO2S/c1-5(2)4-6-9(3,7)8/h5H,3-4H2,1-2H3,(H2,6,7,8). The van der Waals surface area contributed by atoms with Gasteiger partial charge in [0.1, 0.15) is 9.99 Å². The number of hydrogen-bond donors (Lipinski definition) is 2. The van der Waals surface area contributed by atoms with Crippen molar-refractivity contribution >= 4 is 15.9 Å². The van der Waals surface area contributed by atoms with Crippen molar-refractivity contribution in [3.63, 3.8) is 0 Å². The first-order chi connectivity index (χ1) is 3.92. The lowest BCUT2D eigenvalue weighted by atomic mass is 10.2. The Morgan fingerprint density at radius 1 is 1.78 bits per heavy atom. The fraction of sp³-hybridized carbons (Fsp3) is 0.800. The third kappa shape index (κ3) is 7.94. The minimum Gasteiger partial charge on any atom is -0.303 e. The zero-order valence-electron chi connectivity index (χ0n) is 5.76. The molecule has 1 unspecified atom stereocenters. The van der Waals surface area contributed by atoms with E-state index in [4.69, 9.17) is 4.55 Å². The maximum Gasteiger partial charge on any atom is 0.138 e. The second-order valence-electron chi connectivity index (χ2n) is 2.38. The molecule has 0 heterocycles. The quantitative estimate of drug-likeness (QED) is 0.571. The topological polar surface area (TPSA) is 49.3 Å². The fourth-order valence-electron chi connectivity index (χ4n) is 0.297. The van der Waals surface area contributed by atoms with Gasteiger partial charge in [-0.2, -0.15) is 0 Å². The van der Waals surface area contributed by atoms with Crippen molar-refractivity contribution in [1.82, 2.24) is 4.72 Å². The molecule has 4 heteroatoms. The Morgan fingerprint density at radius 2 is 2.22 bits per heavy atom. The molecule has 56 valence electrons. The largest absolute Gasteiger partial charge is 0.303 e. The summed E-state index contributed by atoms with van der Waals surface area (Å²) in [6.07, 6.45) is 0. The molecule has 0 bridgehead atoms. The highest BCUT2D eigenvalue weighted by molar-refractivity contribution is 7.93. The van der Waals surface area contributed by atoms with Crippen LogP contribution in [0.5, 0.6) is 0 Å². The van der Waals surface area contributed by atoms with Crippen LogP contribution in [0.2, 0.25) is 0 Å². The molecule has 0 aliphatic carbocycles. The van der Waals surface area contributed by atoms with E-state index in [-0.39, 0.29) is 0 Å². The molecule has 1 atom stereocenters. The van der Waals surface area contributed by atoms with Crippen molar-refractivity contribution in [3.05, 3.63) is 0 Å². The first-order valence-corrected chi connectivity index (χ1v) is 4.44. The minimum absolute atomic E-state index is 0.375. The van der Waals surface area contributed by atoms with Gasteiger partial charge >= 0.3 is 0 Å². The van der Waals surface area contributed by atoms with Crippen LogP contribution in [0, 0.1) is 5.92 Å². The van der Waals surface area contributed by atoms with Gasteiger partial charge in [0.15, 0.2) is 0 Å². The summed E-state index contributed by atoms with van der Waals surface area (Å²) in [6, 6.07) is 0. The van der Waals surface area contributed by atoms with Gasteiger partial charge in [0.05, 0.1) is 0 Å². The molecule has 0 aliphatic rings. The lowest BCUT2D eigenvalue weighted by Crippen LogP contribution is -2.26. The van der Waals surface area contributed by atoms with Crippen molar-refractivity contribution in [2.45, 2.75) is 13.8 Å². The summed E-state index contributed by atoms with van der Waals surface area (Å²) in [4.78, 5) is 0. The van der Waals surface area contributed by atoms with E-state index in [0.717, 1.165) is 0 Å². The zero-order valence-corrected chi connectivity index (χ0v) is 6.57. The molecular formula is C5H13NO2S. The number of nitrogens with one attached hydrogen (secondary N) is 1. The first kappa shape index (κ1) is 8.94. The predicted octanol–water partition coefficient (Wildman–Crippen LogP) is 0.336. The van der Waals surface area contributed by atoms with E-state index in [1.807, 2.05) is 13.8 Å². The molecule has 0 saturated heterocycles. The molecule has 9 heavy (non-hydrogen) atoms. The Balaban J connectivity index is 3.53. The van der Waals surface area contributed by atoms with Crippen molar-refractivity contribution in [2.24, 2.45) is 5.92 Å². The van der Waals surface area contributed by atoms with Gasteiger partial charge in [0, 0.05) is 6.54 Å². The first-order valence-electron chi connectivity index (χ1n) is 2.76. The van der Waals surface area contributed by atoms with Crippen LogP contribution in [0.4, 0.5) is 0 Å². The van der Waals surface area contributed by atoms with Crippen molar-refractivity contribution in [1.29, 1.82) is 0 Å². The van der Waals surface area contributed by atoms with Crippen LogP contribution in [0.1, 0.15) is 13.8 Å². The molecule has 3 nitrogen and oxygen atoms in total. The lowest BCUT2D eigenvalue weighted by Gasteiger charge is -2.05. The summed E-state index contributed by atoms with van der Waals surface area (Å²) >= 11 is 0. The van der Waals surface area contributed by atoms with E-state index in [2.05, 4.69) is 10.6 Å². The van der Waals surface area contributed by atoms with Crippen LogP contribution >= 0.6 is 0 Å². The van der Waals surface area contributed by atoms with Crippen molar-refractivity contribution < 1.29 is 8.76 Å². The molecule has 0 aromatic rings. The molecule has 2 N–H and O–H groups in total. The average molecular weight is 151 g/mol. The van der Waals surface area contributed by atoms with Gasteiger partial charge in [-0.05, 0) is 11.8 Å². The summed E-state index contributed by atoms with van der Waals surface area (Å²) < 4.78 is 21.4. The summed E-state index contributed by atoms with van der Waals surface area (Å²) in [5.74, 6) is 3.39. The van der Waals surface area contributed by atoms with E-state index < -0.39 is 9.99 Å². The van der Waals surface area contributed by atoms with E-state index in [1.165, 1.54) is 0 Å². The molecular weight excluding hydrogens is 138 g/mol. The number of rotatable bonds is 3. The van der Waals surface area contributed by atoms with Crippen LogP contribution < -0.4 is 4.72 Å². The normalized spacial score (nSPS) is 17.8. The molecule has 0 saturated carbocycles. The predicted molar refractivity (Wildman–Crippen MR) is 40.7 cm³/mol. The third-order valence-corrected chi connectivity index (χ3v) is 1.33. The van der Waals surface area contributed by atoms with Gasteiger partial charge in [0.2, 0.25) is 0 Å². The summed E-state index contributed by atoms with van der Waals surface area (Å²) in [5, 5.41) is 0. The van der Waals surface area contributed by atoms with Gasteiger partial charge in [0.25, 0.3) is 0 Å². The van der Waals surface area contributed by atoms with Gasteiger partial charge in [-0.1, -0.05) is 13.8 Å². The molecule has 0 spiro atoms. The van der Waals surface area contributed by atoms with E-state index in [9.17, 15) is 4.21 Å². The molecule has 0 radical (unpaired) electrons. The Labute approximate surface area is 56.4 Å². The molecule has 0 fully saturated rings. The Kier molecular flexibility index (Phi) is 3.17. The van der Waals surface area contributed by atoms with Crippen LogP contribution in [-0.4, -0.2) is 21.2 Å². The molecule has 0 aliphatic heterocycles. The Hall–Kier alpha value is -0.0600. The highest BCUT2D eigenvalue weighted by Gasteiger charge is 1.96. The SMILES string of the molecule is C=S(=O)(O)NCC(C)C. The highest BCUT2D eigenvalue weighted by Crippen LogP contribution is 1.87. The Morgan fingerprint density at radius 3 is 2.33 bits per heavy atom. The van der Waals surface area contributed by atoms with Gasteiger partial charge in [-0.25, -0.2) is 8.93 Å². The zero-order chi connectivity index (χ0) is 7.49. The second kappa shape index (κ2) is 3.20. The maximum absolute atomic E-state index is 10.4. The summed E-state index contributed by atoms with van der Waals surface area (Å²) in [7, 11) is -2.97. The number of hydrogen-bond acceptors (Lipinski definition) is 1. The highest BCUT2D eigenvalue weighted by atomic mass is 32.2. The Bertz CT molecular complexity index is 160. The second-order valence-corrected chi connectivity index (χ2v) is 3.95.